The highest BCUT2D eigenvalue weighted by atomic mass is 16.3. The number of hydrogen-bond donors (Lipinski definition) is 4. The van der Waals surface area contributed by atoms with E-state index in [1.54, 1.807) is 0 Å². The molecule has 1 amide bonds. The molecule has 0 saturated heterocycles. The van der Waals surface area contributed by atoms with E-state index in [9.17, 15) is 9.90 Å². The van der Waals surface area contributed by atoms with E-state index in [1.165, 1.54) is 0 Å². The van der Waals surface area contributed by atoms with Crippen LogP contribution in [0.1, 0.15) is 36.3 Å². The number of carbonyl (C=O) groups excluding carboxylic acids is 1. The number of H-pyrrole nitrogens is 1. The predicted molar refractivity (Wildman–Crippen MR) is 56.5 cm³/mol. The molecule has 2 rings (SSSR count). The van der Waals surface area contributed by atoms with Crippen LogP contribution in [0.3, 0.4) is 0 Å². The lowest BCUT2D eigenvalue weighted by atomic mass is 10.0. The second-order valence-corrected chi connectivity index (χ2v) is 4.16. The van der Waals surface area contributed by atoms with E-state index >= 15 is 0 Å². The van der Waals surface area contributed by atoms with Gasteiger partial charge in [-0.3, -0.25) is 9.89 Å². The lowest BCUT2D eigenvalue weighted by molar-refractivity contribution is 0.0447. The maximum Gasteiger partial charge on any atom is 0.288 e. The van der Waals surface area contributed by atoms with Gasteiger partial charge in [-0.15, -0.1) is 5.10 Å². The second kappa shape index (κ2) is 4.09. The molecule has 5 N–H and O–H groups in total. The van der Waals surface area contributed by atoms with Gasteiger partial charge in [0.15, 0.2) is 0 Å². The van der Waals surface area contributed by atoms with E-state index in [1.807, 2.05) is 0 Å². The highest BCUT2D eigenvalue weighted by Gasteiger charge is 2.31. The Balaban J connectivity index is 1.88. The number of nitrogens with zero attached hydrogens (tertiary/aromatic N) is 2. The Hall–Kier alpha value is -1.63. The fraction of sp³-hybridized carbons (Fsp3) is 0.667. The first-order chi connectivity index (χ1) is 7.59. The fourth-order valence-corrected chi connectivity index (χ4v) is 1.91. The molecule has 88 valence electrons. The first-order valence-corrected chi connectivity index (χ1v) is 5.28. The summed E-state index contributed by atoms with van der Waals surface area (Å²) in [5.41, 5.74) is 4.52. The van der Waals surface area contributed by atoms with Gasteiger partial charge < -0.3 is 16.2 Å². The third kappa shape index (κ3) is 2.30. The average Bonchev–Trinajstić information content (AvgIpc) is 2.85. The molecular formula is C9H15N5O2. The SMILES string of the molecule is Nc1n[nH]c(C(=O)NCC2(O)CCCC2)n1. The van der Waals surface area contributed by atoms with Crippen LogP contribution < -0.4 is 11.1 Å². The third-order valence-corrected chi connectivity index (χ3v) is 2.83. The van der Waals surface area contributed by atoms with Crippen LogP contribution in [0.2, 0.25) is 0 Å². The van der Waals surface area contributed by atoms with Crippen LogP contribution >= 0.6 is 0 Å². The molecular weight excluding hydrogens is 210 g/mol. The van der Waals surface area contributed by atoms with Gasteiger partial charge in [-0.2, -0.15) is 4.98 Å². The molecule has 1 aliphatic carbocycles. The number of hydrogen-bond acceptors (Lipinski definition) is 5. The summed E-state index contributed by atoms with van der Waals surface area (Å²) in [6.07, 6.45) is 3.46. The highest BCUT2D eigenvalue weighted by molar-refractivity contribution is 5.90. The number of nitrogens with one attached hydrogen (secondary N) is 2. The summed E-state index contributed by atoms with van der Waals surface area (Å²) < 4.78 is 0. The zero-order valence-electron chi connectivity index (χ0n) is 8.86. The molecule has 1 aromatic heterocycles. The molecule has 1 aliphatic rings. The molecule has 0 spiro atoms. The van der Waals surface area contributed by atoms with Crippen LogP contribution in [0.4, 0.5) is 5.95 Å². The van der Waals surface area contributed by atoms with Crippen LogP contribution in [-0.2, 0) is 0 Å². The van der Waals surface area contributed by atoms with Crippen LogP contribution in [0.25, 0.3) is 0 Å². The number of nitrogens with two attached hydrogens (primary N) is 1. The molecule has 1 saturated carbocycles. The summed E-state index contributed by atoms with van der Waals surface area (Å²) in [5.74, 6) is -0.298. The maximum atomic E-state index is 11.5. The number of carbonyl (C=O) groups is 1. The largest absolute Gasteiger partial charge is 0.388 e. The van der Waals surface area contributed by atoms with Crippen LogP contribution in [0, 0.1) is 0 Å². The summed E-state index contributed by atoms with van der Waals surface area (Å²) in [7, 11) is 0. The quantitative estimate of drug-likeness (QED) is 0.549. The van der Waals surface area contributed by atoms with Gasteiger partial charge >= 0.3 is 0 Å². The lowest BCUT2D eigenvalue weighted by Gasteiger charge is -2.21. The van der Waals surface area contributed by atoms with Crippen LogP contribution in [-0.4, -0.2) is 38.3 Å². The topological polar surface area (TPSA) is 117 Å². The number of aromatic amines is 1. The molecule has 1 aromatic rings. The second-order valence-electron chi connectivity index (χ2n) is 4.16. The Labute approximate surface area is 92.4 Å². The van der Waals surface area contributed by atoms with Crippen molar-refractivity contribution in [1.82, 2.24) is 20.5 Å². The van der Waals surface area contributed by atoms with Crippen molar-refractivity contribution in [3.8, 4) is 0 Å². The predicted octanol–water partition coefficient (Wildman–Crippen LogP) is -0.578. The zero-order valence-corrected chi connectivity index (χ0v) is 8.86. The molecule has 16 heavy (non-hydrogen) atoms. The van der Waals surface area contributed by atoms with Crippen molar-refractivity contribution < 1.29 is 9.90 Å². The number of amides is 1. The molecule has 1 fully saturated rings. The van der Waals surface area contributed by atoms with E-state index < -0.39 is 11.5 Å². The highest BCUT2D eigenvalue weighted by Crippen LogP contribution is 2.28. The van der Waals surface area contributed by atoms with Gasteiger partial charge in [0, 0.05) is 6.54 Å². The minimum atomic E-state index is -0.763. The van der Waals surface area contributed by atoms with Crippen molar-refractivity contribution in [2.24, 2.45) is 0 Å². The Bertz CT molecular complexity index is 383. The molecule has 0 aromatic carbocycles. The molecule has 7 heteroatoms. The summed E-state index contributed by atoms with van der Waals surface area (Å²) in [6.45, 7) is 0.242. The maximum absolute atomic E-state index is 11.5. The van der Waals surface area contributed by atoms with E-state index in [2.05, 4.69) is 20.5 Å². The van der Waals surface area contributed by atoms with E-state index in [0.717, 1.165) is 25.7 Å². The van der Waals surface area contributed by atoms with Crippen molar-refractivity contribution in [3.05, 3.63) is 5.82 Å². The number of anilines is 1. The van der Waals surface area contributed by atoms with Crippen LogP contribution in [0.15, 0.2) is 0 Å². The van der Waals surface area contributed by atoms with Crippen molar-refractivity contribution >= 4 is 11.9 Å². The van der Waals surface area contributed by atoms with Gasteiger partial charge in [0.1, 0.15) is 0 Å². The lowest BCUT2D eigenvalue weighted by Crippen LogP contribution is -2.41. The summed E-state index contributed by atoms with van der Waals surface area (Å²) in [4.78, 5) is 15.2. The van der Waals surface area contributed by atoms with Crippen molar-refractivity contribution in [3.63, 3.8) is 0 Å². The van der Waals surface area contributed by atoms with Crippen molar-refractivity contribution in [1.29, 1.82) is 0 Å². The standard InChI is InChI=1S/C9H15N5O2/c10-8-12-6(13-14-8)7(15)11-5-9(16)3-1-2-4-9/h16H,1-5H2,(H,11,15)(H3,10,12,13,14). The molecule has 0 atom stereocenters. The monoisotopic (exact) mass is 225 g/mol. The normalized spacial score (nSPS) is 18.6. The first-order valence-electron chi connectivity index (χ1n) is 5.28. The fourth-order valence-electron chi connectivity index (χ4n) is 1.91. The van der Waals surface area contributed by atoms with Crippen molar-refractivity contribution in [2.75, 3.05) is 12.3 Å². The summed E-state index contributed by atoms with van der Waals surface area (Å²) in [6, 6.07) is 0. The number of rotatable bonds is 3. The molecule has 0 bridgehead atoms. The third-order valence-electron chi connectivity index (χ3n) is 2.83. The van der Waals surface area contributed by atoms with Gasteiger partial charge in [-0.05, 0) is 12.8 Å². The minimum Gasteiger partial charge on any atom is -0.388 e. The summed E-state index contributed by atoms with van der Waals surface area (Å²) >= 11 is 0. The Morgan fingerprint density at radius 1 is 1.56 bits per heavy atom. The van der Waals surface area contributed by atoms with Gasteiger partial charge in [-0.25, -0.2) is 0 Å². The molecule has 0 unspecified atom stereocenters. The van der Waals surface area contributed by atoms with Gasteiger partial charge in [0.05, 0.1) is 5.60 Å². The Morgan fingerprint density at radius 3 is 2.81 bits per heavy atom. The minimum absolute atomic E-state index is 0.0322. The number of nitrogen functional groups attached to an aromatic ring is 1. The summed E-state index contributed by atoms with van der Waals surface area (Å²) in [5, 5.41) is 18.6. The first kappa shape index (κ1) is 10.9. The van der Waals surface area contributed by atoms with Gasteiger partial charge in [0.2, 0.25) is 11.8 Å². The number of aromatic nitrogens is 3. The van der Waals surface area contributed by atoms with Gasteiger partial charge in [0.25, 0.3) is 5.91 Å². The smallest absolute Gasteiger partial charge is 0.288 e. The van der Waals surface area contributed by atoms with E-state index in [-0.39, 0.29) is 18.3 Å². The Kier molecular flexibility index (Phi) is 2.78. The molecule has 0 aliphatic heterocycles. The average molecular weight is 225 g/mol. The zero-order chi connectivity index (χ0) is 11.6. The Morgan fingerprint density at radius 2 is 2.25 bits per heavy atom. The van der Waals surface area contributed by atoms with Gasteiger partial charge in [-0.1, -0.05) is 12.8 Å². The molecule has 1 heterocycles. The van der Waals surface area contributed by atoms with Crippen LogP contribution in [0.5, 0.6) is 0 Å². The van der Waals surface area contributed by atoms with Crippen molar-refractivity contribution in [2.45, 2.75) is 31.3 Å². The van der Waals surface area contributed by atoms with E-state index in [0.29, 0.717) is 0 Å². The number of aliphatic hydroxyl groups is 1. The van der Waals surface area contributed by atoms with E-state index in [4.69, 9.17) is 5.73 Å². The molecule has 7 nitrogen and oxygen atoms in total. The molecule has 0 radical (unpaired) electrons.